The second-order valence-electron chi connectivity index (χ2n) is 4.15. The number of nitrogens with zero attached hydrogens (tertiary/aromatic N) is 2. The molecule has 1 fully saturated rings. The fraction of sp³-hybridized carbons (Fsp3) is 0.636. The first-order valence-electron chi connectivity index (χ1n) is 5.73. The number of rotatable bonds is 2. The Morgan fingerprint density at radius 3 is 2.62 bits per heavy atom. The van der Waals surface area contributed by atoms with Crippen LogP contribution in [0.15, 0.2) is 5.38 Å². The summed E-state index contributed by atoms with van der Waals surface area (Å²) in [6, 6.07) is 0. The first kappa shape index (κ1) is 11.4. The molecule has 0 radical (unpaired) electrons. The van der Waals surface area contributed by atoms with Gasteiger partial charge in [-0.15, -0.1) is 11.3 Å². The molecular weight excluding hydrogens is 222 g/mol. The molecule has 0 spiro atoms. The zero-order valence-electron chi connectivity index (χ0n) is 9.32. The van der Waals surface area contributed by atoms with Gasteiger partial charge >= 0.3 is 0 Å². The molecule has 4 nitrogen and oxygen atoms in total. The number of carbonyl (C=O) groups excluding carboxylic acids is 1. The molecule has 1 aromatic rings. The van der Waals surface area contributed by atoms with Gasteiger partial charge in [0.25, 0.3) is 0 Å². The normalized spacial score (nSPS) is 17.1. The zero-order chi connectivity index (χ0) is 11.4. The molecule has 0 aliphatic carbocycles. The number of nitrogens with two attached hydrogens (primary N) is 1. The molecule has 1 amide bonds. The molecule has 1 aromatic heterocycles. The van der Waals surface area contributed by atoms with E-state index in [-0.39, 0.29) is 5.91 Å². The first-order valence-corrected chi connectivity index (χ1v) is 6.61. The third-order valence-electron chi connectivity index (χ3n) is 2.86. The molecule has 0 saturated carbocycles. The van der Waals surface area contributed by atoms with Crippen molar-refractivity contribution in [2.75, 3.05) is 18.8 Å². The summed E-state index contributed by atoms with van der Waals surface area (Å²) in [4.78, 5) is 18.1. The predicted octanol–water partition coefficient (Wildman–Crippen LogP) is 1.67. The Labute approximate surface area is 99.5 Å². The molecule has 1 saturated heterocycles. The van der Waals surface area contributed by atoms with Gasteiger partial charge in [-0.25, -0.2) is 4.98 Å². The molecule has 2 N–H and O–H groups in total. The van der Waals surface area contributed by atoms with E-state index in [1.165, 1.54) is 24.2 Å². The smallest absolute Gasteiger partial charge is 0.228 e. The number of hydrogen-bond donors (Lipinski definition) is 1. The Bertz CT molecular complexity index is 356. The number of nitrogen functional groups attached to an aromatic ring is 1. The maximum absolute atomic E-state index is 12.0. The minimum Gasteiger partial charge on any atom is -0.375 e. The Kier molecular flexibility index (Phi) is 3.77. The number of anilines is 1. The molecule has 0 unspecified atom stereocenters. The van der Waals surface area contributed by atoms with E-state index in [1.807, 2.05) is 10.3 Å². The van der Waals surface area contributed by atoms with Gasteiger partial charge in [-0.1, -0.05) is 12.8 Å². The summed E-state index contributed by atoms with van der Waals surface area (Å²) in [5.41, 5.74) is 6.34. The minimum absolute atomic E-state index is 0.187. The van der Waals surface area contributed by atoms with Crippen LogP contribution in [0.2, 0.25) is 0 Å². The summed E-state index contributed by atoms with van der Waals surface area (Å²) >= 11 is 1.39. The van der Waals surface area contributed by atoms with Crippen molar-refractivity contribution in [3.05, 3.63) is 11.1 Å². The Balaban J connectivity index is 1.91. The number of likely N-dealkylation sites (tertiary alicyclic amines) is 1. The molecule has 2 rings (SSSR count). The maximum atomic E-state index is 12.0. The van der Waals surface area contributed by atoms with E-state index < -0.39 is 0 Å². The van der Waals surface area contributed by atoms with Crippen LogP contribution >= 0.6 is 11.3 Å². The van der Waals surface area contributed by atoms with Crippen LogP contribution in [0.4, 0.5) is 5.13 Å². The highest BCUT2D eigenvalue weighted by Gasteiger charge is 2.16. The fourth-order valence-electron chi connectivity index (χ4n) is 1.99. The lowest BCUT2D eigenvalue weighted by atomic mass is 10.2. The SMILES string of the molecule is Nc1nc(CC(=O)N2CCCCCC2)cs1. The standard InChI is InChI=1S/C11H17N3OS/c12-11-13-9(8-16-11)7-10(15)14-5-3-1-2-4-6-14/h8H,1-7H2,(H2,12,13). The highest BCUT2D eigenvalue weighted by atomic mass is 32.1. The van der Waals surface area contributed by atoms with E-state index in [0.29, 0.717) is 11.6 Å². The lowest BCUT2D eigenvalue weighted by molar-refractivity contribution is -0.130. The average molecular weight is 239 g/mol. The van der Waals surface area contributed by atoms with E-state index in [2.05, 4.69) is 4.98 Å². The van der Waals surface area contributed by atoms with Crippen molar-refractivity contribution in [2.45, 2.75) is 32.1 Å². The van der Waals surface area contributed by atoms with Gasteiger partial charge in [0.05, 0.1) is 12.1 Å². The van der Waals surface area contributed by atoms with Crippen molar-refractivity contribution >= 4 is 22.4 Å². The second kappa shape index (κ2) is 5.30. The van der Waals surface area contributed by atoms with Crippen molar-refractivity contribution < 1.29 is 4.79 Å². The van der Waals surface area contributed by atoms with Gasteiger partial charge < -0.3 is 10.6 Å². The van der Waals surface area contributed by atoms with Crippen molar-refractivity contribution in [3.8, 4) is 0 Å². The maximum Gasteiger partial charge on any atom is 0.228 e. The lowest BCUT2D eigenvalue weighted by Crippen LogP contribution is -2.33. The molecule has 1 aliphatic rings. The predicted molar refractivity (Wildman–Crippen MR) is 65.3 cm³/mol. The monoisotopic (exact) mass is 239 g/mol. The Morgan fingerprint density at radius 2 is 2.06 bits per heavy atom. The molecule has 1 aliphatic heterocycles. The Hall–Kier alpha value is -1.10. The molecule has 16 heavy (non-hydrogen) atoms. The highest BCUT2D eigenvalue weighted by molar-refractivity contribution is 7.13. The van der Waals surface area contributed by atoms with Gasteiger partial charge in [0.2, 0.25) is 5.91 Å². The van der Waals surface area contributed by atoms with Crippen LogP contribution in [-0.4, -0.2) is 28.9 Å². The first-order chi connectivity index (χ1) is 7.75. The minimum atomic E-state index is 0.187. The molecule has 0 bridgehead atoms. The van der Waals surface area contributed by atoms with Gasteiger partial charge in [0.15, 0.2) is 5.13 Å². The molecule has 0 atom stereocenters. The van der Waals surface area contributed by atoms with Crippen LogP contribution in [0.25, 0.3) is 0 Å². The van der Waals surface area contributed by atoms with Crippen molar-refractivity contribution in [1.29, 1.82) is 0 Å². The summed E-state index contributed by atoms with van der Waals surface area (Å²) in [5, 5.41) is 2.41. The van der Waals surface area contributed by atoms with Gasteiger partial charge in [-0.3, -0.25) is 4.79 Å². The van der Waals surface area contributed by atoms with Crippen LogP contribution in [-0.2, 0) is 11.2 Å². The van der Waals surface area contributed by atoms with Crippen LogP contribution in [0.5, 0.6) is 0 Å². The summed E-state index contributed by atoms with van der Waals surface area (Å²) in [5.74, 6) is 0.187. The van der Waals surface area contributed by atoms with Crippen LogP contribution < -0.4 is 5.73 Å². The Morgan fingerprint density at radius 1 is 1.38 bits per heavy atom. The second-order valence-corrected chi connectivity index (χ2v) is 5.04. The molecule has 5 heteroatoms. The fourth-order valence-corrected chi connectivity index (χ4v) is 2.55. The molecule has 0 aromatic carbocycles. The largest absolute Gasteiger partial charge is 0.375 e. The van der Waals surface area contributed by atoms with E-state index in [1.54, 1.807) is 0 Å². The quantitative estimate of drug-likeness (QED) is 0.854. The van der Waals surface area contributed by atoms with Crippen LogP contribution in [0.1, 0.15) is 31.4 Å². The van der Waals surface area contributed by atoms with Crippen molar-refractivity contribution in [3.63, 3.8) is 0 Å². The number of amides is 1. The van der Waals surface area contributed by atoms with E-state index in [9.17, 15) is 4.79 Å². The summed E-state index contributed by atoms with van der Waals surface area (Å²) < 4.78 is 0. The summed E-state index contributed by atoms with van der Waals surface area (Å²) in [6.45, 7) is 1.80. The topological polar surface area (TPSA) is 59.2 Å². The zero-order valence-corrected chi connectivity index (χ0v) is 10.1. The van der Waals surface area contributed by atoms with Crippen molar-refractivity contribution in [1.82, 2.24) is 9.88 Å². The molecular formula is C11H17N3OS. The third kappa shape index (κ3) is 2.95. The highest BCUT2D eigenvalue weighted by Crippen LogP contribution is 2.14. The number of hydrogen-bond acceptors (Lipinski definition) is 4. The van der Waals surface area contributed by atoms with Gasteiger partial charge in [0, 0.05) is 18.5 Å². The van der Waals surface area contributed by atoms with Gasteiger partial charge in [0.1, 0.15) is 0 Å². The summed E-state index contributed by atoms with van der Waals surface area (Å²) in [7, 11) is 0. The van der Waals surface area contributed by atoms with Gasteiger partial charge in [-0.05, 0) is 12.8 Å². The number of thiazole rings is 1. The summed E-state index contributed by atoms with van der Waals surface area (Å²) in [6.07, 6.45) is 5.14. The van der Waals surface area contributed by atoms with Crippen molar-refractivity contribution in [2.24, 2.45) is 0 Å². The van der Waals surface area contributed by atoms with E-state index >= 15 is 0 Å². The van der Waals surface area contributed by atoms with Crippen LogP contribution in [0.3, 0.4) is 0 Å². The van der Waals surface area contributed by atoms with E-state index in [0.717, 1.165) is 31.6 Å². The molecule has 2 heterocycles. The van der Waals surface area contributed by atoms with Crippen LogP contribution in [0, 0.1) is 0 Å². The number of carbonyl (C=O) groups is 1. The van der Waals surface area contributed by atoms with Gasteiger partial charge in [-0.2, -0.15) is 0 Å². The third-order valence-corrected chi connectivity index (χ3v) is 3.58. The number of aromatic nitrogens is 1. The lowest BCUT2D eigenvalue weighted by Gasteiger charge is -2.19. The molecule has 88 valence electrons. The average Bonchev–Trinajstić information content (AvgIpc) is 2.56. The van der Waals surface area contributed by atoms with E-state index in [4.69, 9.17) is 5.73 Å².